The van der Waals surface area contributed by atoms with E-state index in [-0.39, 0.29) is 18.0 Å². The van der Waals surface area contributed by atoms with E-state index in [0.29, 0.717) is 39.1 Å². The first-order chi connectivity index (χ1) is 14.7. The van der Waals surface area contributed by atoms with E-state index in [9.17, 15) is 15.2 Å². The lowest BCUT2D eigenvalue weighted by Gasteiger charge is -2.18. The van der Waals surface area contributed by atoms with Gasteiger partial charge in [0.15, 0.2) is 0 Å². The Hall–Kier alpha value is -3.54. The van der Waals surface area contributed by atoms with Crippen molar-refractivity contribution in [3.05, 3.63) is 64.6 Å². The van der Waals surface area contributed by atoms with Crippen molar-refractivity contribution in [1.82, 2.24) is 15.0 Å². The molecule has 3 aromatic rings. The van der Waals surface area contributed by atoms with Crippen molar-refractivity contribution in [2.24, 2.45) is 0 Å². The zero-order valence-corrected chi connectivity index (χ0v) is 17.9. The van der Waals surface area contributed by atoms with Gasteiger partial charge in [-0.15, -0.1) is 0 Å². The Labute approximate surface area is 184 Å². The average molecular weight is 438 g/mol. The molecule has 0 fully saturated rings. The van der Waals surface area contributed by atoms with Gasteiger partial charge in [-0.1, -0.05) is 17.7 Å². The van der Waals surface area contributed by atoms with Gasteiger partial charge in [-0.2, -0.15) is 5.26 Å². The maximum Gasteiger partial charge on any atom is 0.230 e. The van der Waals surface area contributed by atoms with Crippen LogP contribution in [0.25, 0.3) is 11.4 Å². The van der Waals surface area contributed by atoms with Crippen LogP contribution < -0.4 is 10.1 Å². The number of rotatable bonds is 6. The predicted octanol–water partition coefficient (Wildman–Crippen LogP) is 3.48. The van der Waals surface area contributed by atoms with E-state index in [0.717, 1.165) is 0 Å². The highest BCUT2D eigenvalue weighted by Gasteiger charge is 2.19. The van der Waals surface area contributed by atoms with E-state index in [2.05, 4.69) is 20.3 Å². The van der Waals surface area contributed by atoms with Gasteiger partial charge >= 0.3 is 0 Å². The summed E-state index contributed by atoms with van der Waals surface area (Å²) in [6.45, 7) is 3.26. The molecule has 0 bridgehead atoms. The van der Waals surface area contributed by atoms with Gasteiger partial charge in [0.05, 0.1) is 36.7 Å². The summed E-state index contributed by atoms with van der Waals surface area (Å²) >= 11 is 5.94. The number of amides is 1. The molecule has 9 heteroatoms. The number of anilines is 1. The molecule has 0 aliphatic carbocycles. The minimum absolute atomic E-state index is 0.0838. The molecule has 3 aromatic heterocycles. The van der Waals surface area contributed by atoms with Crippen molar-refractivity contribution >= 4 is 23.3 Å². The molecule has 8 nitrogen and oxygen atoms in total. The first-order valence-electron chi connectivity index (χ1n) is 9.29. The number of pyridine rings is 3. The van der Waals surface area contributed by atoms with Crippen LogP contribution in [0.15, 0.2) is 42.7 Å². The van der Waals surface area contributed by atoms with Crippen LogP contribution >= 0.6 is 11.6 Å². The smallest absolute Gasteiger partial charge is 0.230 e. The number of carbonyl (C=O) groups excluding carboxylic acids is 1. The van der Waals surface area contributed by atoms with Crippen molar-refractivity contribution in [3.8, 4) is 23.2 Å². The number of hydrogen-bond donors (Lipinski definition) is 2. The van der Waals surface area contributed by atoms with Crippen LogP contribution in [0.4, 0.5) is 5.82 Å². The minimum Gasteiger partial charge on any atom is -0.495 e. The van der Waals surface area contributed by atoms with Gasteiger partial charge in [-0.05, 0) is 43.2 Å². The average Bonchev–Trinajstić information content (AvgIpc) is 2.74. The maximum atomic E-state index is 12.3. The van der Waals surface area contributed by atoms with E-state index in [1.165, 1.54) is 19.4 Å². The molecule has 0 spiro atoms. The molecule has 3 rings (SSSR count). The molecule has 2 N–H and O–H groups in total. The Kier molecular flexibility index (Phi) is 6.49. The second-order valence-electron chi connectivity index (χ2n) is 7.28. The number of ether oxygens (including phenoxy) is 1. The number of aromatic nitrogens is 3. The van der Waals surface area contributed by atoms with E-state index in [1.54, 1.807) is 44.3 Å². The third kappa shape index (κ3) is 5.54. The highest BCUT2D eigenvalue weighted by molar-refractivity contribution is 6.32. The van der Waals surface area contributed by atoms with Gasteiger partial charge in [0.2, 0.25) is 5.91 Å². The molecule has 3 heterocycles. The summed E-state index contributed by atoms with van der Waals surface area (Å²) in [7, 11) is 1.48. The fraction of sp³-hybridized carbons (Fsp3) is 0.227. The summed E-state index contributed by atoms with van der Waals surface area (Å²) in [6, 6.07) is 10.2. The largest absolute Gasteiger partial charge is 0.495 e. The van der Waals surface area contributed by atoms with Crippen molar-refractivity contribution in [2.75, 3.05) is 12.4 Å². The Morgan fingerprint density at radius 3 is 2.61 bits per heavy atom. The van der Waals surface area contributed by atoms with Crippen molar-refractivity contribution in [2.45, 2.75) is 25.9 Å². The zero-order valence-electron chi connectivity index (χ0n) is 17.2. The molecule has 0 aliphatic heterocycles. The van der Waals surface area contributed by atoms with Crippen molar-refractivity contribution < 1.29 is 14.6 Å². The number of nitriles is 1. The van der Waals surface area contributed by atoms with Crippen LogP contribution in [0.1, 0.15) is 30.7 Å². The molecule has 0 aromatic carbocycles. The standard InChI is InChI=1S/C22H20ClN5O3/c1-22(2,30)14-7-15(10-24)27-18(8-14)17-5-4-13(11-25-17)6-21(29)28-20-9-19(31-3)16(23)12-26-20/h4-5,7-9,11-12,30H,6H2,1-3H3,(H,26,28,29). The van der Waals surface area contributed by atoms with Gasteiger partial charge in [0.1, 0.15) is 28.4 Å². The fourth-order valence-corrected chi connectivity index (χ4v) is 2.95. The normalized spacial score (nSPS) is 11.0. The molecule has 0 atom stereocenters. The lowest BCUT2D eigenvalue weighted by atomic mass is 9.97. The number of nitrogens with zero attached hydrogens (tertiary/aromatic N) is 4. The fourth-order valence-electron chi connectivity index (χ4n) is 2.77. The molecule has 1 amide bonds. The maximum absolute atomic E-state index is 12.3. The first-order valence-corrected chi connectivity index (χ1v) is 9.67. The van der Waals surface area contributed by atoms with Gasteiger partial charge in [0.25, 0.3) is 0 Å². The summed E-state index contributed by atoms with van der Waals surface area (Å²) in [6.07, 6.45) is 3.05. The lowest BCUT2D eigenvalue weighted by Crippen LogP contribution is -2.16. The monoisotopic (exact) mass is 437 g/mol. The van der Waals surface area contributed by atoms with E-state index < -0.39 is 5.60 Å². The summed E-state index contributed by atoms with van der Waals surface area (Å²) in [5.74, 6) is 0.461. The summed E-state index contributed by atoms with van der Waals surface area (Å²) < 4.78 is 5.11. The van der Waals surface area contributed by atoms with Gasteiger partial charge < -0.3 is 15.2 Å². The topological polar surface area (TPSA) is 121 Å². The second kappa shape index (κ2) is 9.08. The second-order valence-corrected chi connectivity index (χ2v) is 7.69. The zero-order chi connectivity index (χ0) is 22.6. The van der Waals surface area contributed by atoms with Gasteiger partial charge in [0, 0.05) is 12.3 Å². The Morgan fingerprint density at radius 2 is 2.00 bits per heavy atom. The quantitative estimate of drug-likeness (QED) is 0.605. The van der Waals surface area contributed by atoms with Crippen molar-refractivity contribution in [1.29, 1.82) is 5.26 Å². The number of methoxy groups -OCH3 is 1. The van der Waals surface area contributed by atoms with Crippen LogP contribution in [0.2, 0.25) is 5.02 Å². The first kappa shape index (κ1) is 22.2. The van der Waals surface area contributed by atoms with Crippen LogP contribution in [0.3, 0.4) is 0 Å². The van der Waals surface area contributed by atoms with E-state index in [1.807, 2.05) is 6.07 Å². The Balaban J connectivity index is 1.75. The number of halogens is 1. The molecular weight excluding hydrogens is 418 g/mol. The predicted molar refractivity (Wildman–Crippen MR) is 116 cm³/mol. The Morgan fingerprint density at radius 1 is 1.23 bits per heavy atom. The minimum atomic E-state index is -1.13. The van der Waals surface area contributed by atoms with Crippen LogP contribution in [-0.4, -0.2) is 33.1 Å². The summed E-state index contributed by atoms with van der Waals surface area (Å²) in [5, 5.41) is 22.5. The van der Waals surface area contributed by atoms with Gasteiger partial charge in [-0.25, -0.2) is 9.97 Å². The van der Waals surface area contributed by atoms with Crippen LogP contribution in [0.5, 0.6) is 5.75 Å². The van der Waals surface area contributed by atoms with Gasteiger partial charge in [-0.3, -0.25) is 9.78 Å². The van der Waals surface area contributed by atoms with E-state index in [4.69, 9.17) is 16.3 Å². The van der Waals surface area contributed by atoms with E-state index >= 15 is 0 Å². The SMILES string of the molecule is COc1cc(NC(=O)Cc2ccc(-c3cc(C(C)(C)O)cc(C#N)n3)nc2)ncc1Cl. The number of nitrogens with one attached hydrogen (secondary N) is 1. The van der Waals surface area contributed by atoms with Crippen molar-refractivity contribution in [3.63, 3.8) is 0 Å². The number of hydrogen-bond acceptors (Lipinski definition) is 7. The third-order valence-corrected chi connectivity index (χ3v) is 4.69. The molecule has 0 aliphatic rings. The summed E-state index contributed by atoms with van der Waals surface area (Å²) in [4.78, 5) is 25.0. The molecule has 31 heavy (non-hydrogen) atoms. The lowest BCUT2D eigenvalue weighted by molar-refractivity contribution is -0.115. The highest BCUT2D eigenvalue weighted by Crippen LogP contribution is 2.26. The molecular formula is C22H20ClN5O3. The molecule has 0 unspecified atom stereocenters. The number of aliphatic hydroxyl groups is 1. The molecule has 0 saturated carbocycles. The highest BCUT2D eigenvalue weighted by atomic mass is 35.5. The van der Waals surface area contributed by atoms with Crippen LogP contribution in [0, 0.1) is 11.3 Å². The molecule has 0 radical (unpaired) electrons. The molecule has 158 valence electrons. The number of carbonyl (C=O) groups is 1. The third-order valence-electron chi connectivity index (χ3n) is 4.41. The van der Waals surface area contributed by atoms with Crippen LogP contribution in [-0.2, 0) is 16.8 Å². The Bertz CT molecular complexity index is 1150. The molecule has 0 saturated heterocycles. The summed E-state index contributed by atoms with van der Waals surface area (Å²) in [5.41, 5.74) is 1.29.